The minimum Gasteiger partial charge on any atom is -0.405 e. The van der Waals surface area contributed by atoms with Gasteiger partial charge in [0.1, 0.15) is 5.75 Å². The van der Waals surface area contributed by atoms with Crippen molar-refractivity contribution in [2.45, 2.75) is 24.9 Å². The summed E-state index contributed by atoms with van der Waals surface area (Å²) in [6.07, 6.45) is -4.47. The van der Waals surface area contributed by atoms with E-state index >= 15 is 0 Å². The van der Waals surface area contributed by atoms with E-state index in [1.165, 1.54) is 34.6 Å². The predicted octanol–water partition coefficient (Wildman–Crippen LogP) is 6.12. The number of thiophene rings is 1. The van der Waals surface area contributed by atoms with Crippen molar-refractivity contribution in [3.8, 4) is 16.2 Å². The Hall–Kier alpha value is -3.66. The fourth-order valence-electron chi connectivity index (χ4n) is 5.14. The van der Waals surface area contributed by atoms with Gasteiger partial charge in [0, 0.05) is 47.9 Å². The van der Waals surface area contributed by atoms with Crippen LogP contribution < -0.4 is 10.5 Å². The highest BCUT2D eigenvalue weighted by Crippen LogP contribution is 2.37. The zero-order valence-corrected chi connectivity index (χ0v) is 22.6. The molecule has 5 rings (SSSR count). The van der Waals surface area contributed by atoms with E-state index in [0.29, 0.717) is 43.0 Å². The van der Waals surface area contributed by atoms with Crippen LogP contribution in [0.25, 0.3) is 10.4 Å². The van der Waals surface area contributed by atoms with Crippen molar-refractivity contribution in [3.63, 3.8) is 0 Å². The van der Waals surface area contributed by atoms with Crippen molar-refractivity contribution >= 4 is 17.2 Å². The van der Waals surface area contributed by atoms with Gasteiger partial charge in [-0.1, -0.05) is 72.8 Å². The molecule has 1 saturated heterocycles. The first-order valence-corrected chi connectivity index (χ1v) is 13.9. The molecular weight excluding hydrogens is 535 g/mol. The van der Waals surface area contributed by atoms with Crippen molar-refractivity contribution in [1.29, 1.82) is 0 Å². The lowest BCUT2D eigenvalue weighted by atomic mass is 9.96. The summed E-state index contributed by atoms with van der Waals surface area (Å²) in [5.41, 5.74) is 9.11. The van der Waals surface area contributed by atoms with Gasteiger partial charge in [-0.05, 0) is 35.4 Å². The Morgan fingerprint density at radius 1 is 0.825 bits per heavy atom. The third kappa shape index (κ3) is 6.72. The number of nitrogens with two attached hydrogens (primary N) is 1. The van der Waals surface area contributed by atoms with E-state index in [1.807, 2.05) is 41.3 Å². The maximum Gasteiger partial charge on any atom is 0.573 e. The molecule has 1 fully saturated rings. The number of hydrogen-bond donors (Lipinski definition) is 1. The zero-order valence-electron chi connectivity index (χ0n) is 21.8. The highest BCUT2D eigenvalue weighted by atomic mass is 32.1. The van der Waals surface area contributed by atoms with Crippen molar-refractivity contribution in [2.75, 3.05) is 26.2 Å². The van der Waals surface area contributed by atoms with Crippen LogP contribution in [-0.4, -0.2) is 54.3 Å². The zero-order chi connectivity index (χ0) is 28.1. The predicted molar refractivity (Wildman–Crippen MR) is 151 cm³/mol. The molecular formula is C31H30F3N3O2S. The molecule has 1 aliphatic rings. The number of ether oxygens (including phenoxy) is 1. The van der Waals surface area contributed by atoms with Gasteiger partial charge in [0.05, 0.1) is 12.1 Å². The molecule has 2 heterocycles. The topological polar surface area (TPSA) is 58.8 Å². The smallest absolute Gasteiger partial charge is 0.405 e. The van der Waals surface area contributed by atoms with E-state index in [0.717, 1.165) is 4.88 Å². The van der Waals surface area contributed by atoms with Gasteiger partial charge < -0.3 is 15.4 Å². The number of rotatable bonds is 8. The summed E-state index contributed by atoms with van der Waals surface area (Å²) in [7, 11) is 0. The van der Waals surface area contributed by atoms with E-state index in [-0.39, 0.29) is 17.7 Å². The Labute approximate surface area is 235 Å². The van der Waals surface area contributed by atoms with Gasteiger partial charge in [0.25, 0.3) is 0 Å². The molecule has 0 bridgehead atoms. The third-order valence-corrected chi connectivity index (χ3v) is 8.14. The fourth-order valence-corrected chi connectivity index (χ4v) is 6.24. The minimum atomic E-state index is -4.78. The maximum atomic E-state index is 13.2. The van der Waals surface area contributed by atoms with Gasteiger partial charge in [-0.3, -0.25) is 9.69 Å². The van der Waals surface area contributed by atoms with Gasteiger partial charge in [-0.2, -0.15) is 0 Å². The van der Waals surface area contributed by atoms with Crippen LogP contribution in [0.1, 0.15) is 22.0 Å². The highest BCUT2D eigenvalue weighted by molar-refractivity contribution is 7.15. The first-order chi connectivity index (χ1) is 19.3. The normalized spacial score (nSPS) is 15.3. The van der Waals surface area contributed by atoms with Crippen LogP contribution in [0.4, 0.5) is 13.2 Å². The van der Waals surface area contributed by atoms with Gasteiger partial charge in [0.15, 0.2) is 0 Å². The quantitative estimate of drug-likeness (QED) is 0.280. The number of nitrogens with zero attached hydrogens (tertiary/aromatic N) is 2. The summed E-state index contributed by atoms with van der Waals surface area (Å²) >= 11 is 1.31. The molecule has 0 spiro atoms. The van der Waals surface area contributed by atoms with Gasteiger partial charge >= 0.3 is 6.36 Å². The van der Waals surface area contributed by atoms with Crippen LogP contribution in [0.15, 0.2) is 97.1 Å². The summed E-state index contributed by atoms with van der Waals surface area (Å²) in [5.74, 6) is -0.377. The number of hydrogen-bond acceptors (Lipinski definition) is 5. The second kappa shape index (κ2) is 12.2. The average molecular weight is 566 g/mol. The summed E-state index contributed by atoms with van der Waals surface area (Å²) in [6.45, 7) is 2.57. The average Bonchev–Trinajstić information content (AvgIpc) is 3.42. The number of carbonyl (C=O) groups is 1. The van der Waals surface area contributed by atoms with E-state index in [1.54, 1.807) is 24.3 Å². The summed E-state index contributed by atoms with van der Waals surface area (Å²) < 4.78 is 42.7. The Kier molecular flexibility index (Phi) is 8.54. The van der Waals surface area contributed by atoms with E-state index in [2.05, 4.69) is 33.9 Å². The molecule has 0 radical (unpaired) electrons. The maximum absolute atomic E-state index is 13.2. The van der Waals surface area contributed by atoms with Gasteiger partial charge in [-0.25, -0.2) is 0 Å². The molecule has 2 N–H and O–H groups in total. The van der Waals surface area contributed by atoms with Crippen LogP contribution in [0.3, 0.4) is 0 Å². The standard InChI is InChI=1S/C31H30F3N3O2S/c32-31(33,34)39-27-14-8-7-13-25(27)28-16-15-24(40-28)21-26(35)30(38)37-19-17-36(18-20-37)29(22-9-3-1-4-10-22)23-11-5-2-6-12-23/h1-16,26,29H,17-21,35H2. The first-order valence-electron chi connectivity index (χ1n) is 13.1. The first kappa shape index (κ1) is 27.9. The summed E-state index contributed by atoms with van der Waals surface area (Å²) in [4.78, 5) is 18.9. The number of carbonyl (C=O) groups excluding carboxylic acids is 1. The molecule has 0 aliphatic carbocycles. The largest absolute Gasteiger partial charge is 0.573 e. The van der Waals surface area contributed by atoms with Crippen molar-refractivity contribution in [3.05, 3.63) is 113 Å². The number of amides is 1. The van der Waals surface area contributed by atoms with Crippen LogP contribution in [-0.2, 0) is 11.2 Å². The molecule has 4 aromatic rings. The van der Waals surface area contributed by atoms with E-state index < -0.39 is 12.4 Å². The monoisotopic (exact) mass is 565 g/mol. The summed E-state index contributed by atoms with van der Waals surface area (Å²) in [5, 5.41) is 0. The SMILES string of the molecule is NC(Cc1ccc(-c2ccccc2OC(F)(F)F)s1)C(=O)N1CCN(C(c2ccccc2)c2ccccc2)CC1. The molecule has 1 aromatic heterocycles. The molecule has 208 valence electrons. The Morgan fingerprint density at radius 2 is 1.40 bits per heavy atom. The number of halogens is 3. The molecule has 9 heteroatoms. The van der Waals surface area contributed by atoms with Crippen molar-refractivity contribution < 1.29 is 22.7 Å². The lowest BCUT2D eigenvalue weighted by Gasteiger charge is -2.40. The Balaban J connectivity index is 1.22. The lowest BCUT2D eigenvalue weighted by molar-refractivity contribution is -0.274. The molecule has 1 unspecified atom stereocenters. The van der Waals surface area contributed by atoms with E-state index in [4.69, 9.17) is 5.73 Å². The second-order valence-corrected chi connectivity index (χ2v) is 10.9. The van der Waals surface area contributed by atoms with Gasteiger partial charge in [-0.15, -0.1) is 24.5 Å². The van der Waals surface area contributed by atoms with Crippen molar-refractivity contribution in [2.24, 2.45) is 5.73 Å². The molecule has 0 saturated carbocycles. The molecule has 5 nitrogen and oxygen atoms in total. The van der Waals surface area contributed by atoms with Crippen LogP contribution >= 0.6 is 11.3 Å². The number of alkyl halides is 3. The van der Waals surface area contributed by atoms with Crippen LogP contribution in [0, 0.1) is 0 Å². The van der Waals surface area contributed by atoms with Crippen LogP contribution in [0.5, 0.6) is 5.75 Å². The highest BCUT2D eigenvalue weighted by Gasteiger charge is 2.33. The molecule has 3 aromatic carbocycles. The molecule has 1 aliphatic heterocycles. The Morgan fingerprint density at radius 3 is 2.00 bits per heavy atom. The van der Waals surface area contributed by atoms with Gasteiger partial charge in [0.2, 0.25) is 5.91 Å². The van der Waals surface area contributed by atoms with E-state index in [9.17, 15) is 18.0 Å². The third-order valence-electron chi connectivity index (χ3n) is 7.00. The lowest BCUT2D eigenvalue weighted by Crippen LogP contribution is -2.54. The van der Waals surface area contributed by atoms with Crippen molar-refractivity contribution in [1.82, 2.24) is 9.80 Å². The summed E-state index contributed by atoms with van der Waals surface area (Å²) in [6, 6.07) is 29.7. The minimum absolute atomic E-state index is 0.0991. The number of piperazine rings is 1. The number of para-hydroxylation sites is 1. The molecule has 1 atom stereocenters. The Bertz CT molecular complexity index is 1360. The molecule has 40 heavy (non-hydrogen) atoms. The van der Waals surface area contributed by atoms with Crippen LogP contribution in [0.2, 0.25) is 0 Å². The molecule has 1 amide bonds. The second-order valence-electron chi connectivity index (χ2n) is 9.71. The number of benzene rings is 3. The fraction of sp³-hybridized carbons (Fsp3) is 0.258.